The van der Waals surface area contributed by atoms with Gasteiger partial charge >= 0.3 is 5.97 Å². The first-order valence-electron chi connectivity index (χ1n) is 12.7. The summed E-state index contributed by atoms with van der Waals surface area (Å²) < 4.78 is 37.7. The fraction of sp³-hybridized carbons (Fsp3) is 0.692. The molecule has 0 bridgehead atoms. The summed E-state index contributed by atoms with van der Waals surface area (Å²) in [7, 11) is 0. The highest BCUT2D eigenvalue weighted by Crippen LogP contribution is 2.51. The molecule has 2 saturated carbocycles. The first-order chi connectivity index (χ1) is 16.5. The summed E-state index contributed by atoms with van der Waals surface area (Å²) >= 11 is 0. The number of carbonyl (C=O) groups excluding carboxylic acids is 2. The van der Waals surface area contributed by atoms with Crippen LogP contribution in [-0.2, 0) is 28.5 Å². The number of Topliss-reactive ketones (excluding diaryl/α,β-unsaturated/α-hetero) is 1. The van der Waals surface area contributed by atoms with Gasteiger partial charge in [0.15, 0.2) is 29.8 Å². The van der Waals surface area contributed by atoms with Crippen LogP contribution in [0.15, 0.2) is 24.3 Å². The molecule has 2 spiro atoms. The zero-order chi connectivity index (χ0) is 23.3. The van der Waals surface area contributed by atoms with E-state index >= 15 is 0 Å². The van der Waals surface area contributed by atoms with E-state index in [4.69, 9.17) is 28.4 Å². The monoisotopic (exact) mass is 472 g/mol. The SMILES string of the molecule is CC(=O)c1ccc(OC(=O)[C@H]2O[C@@H]3OC4(CCCCC4)O[C@H]3[C@H]3OC4(CCCCC4)O[C@@H]32)cc1. The van der Waals surface area contributed by atoms with Gasteiger partial charge < -0.3 is 28.4 Å². The van der Waals surface area contributed by atoms with Gasteiger partial charge in [-0.15, -0.1) is 0 Å². The number of ketones is 1. The fourth-order valence-electron chi connectivity index (χ4n) is 6.08. The molecule has 3 aliphatic heterocycles. The van der Waals surface area contributed by atoms with Crippen LogP contribution < -0.4 is 4.74 Å². The van der Waals surface area contributed by atoms with Crippen LogP contribution in [0.25, 0.3) is 0 Å². The predicted octanol–water partition coefficient (Wildman–Crippen LogP) is 4.04. The summed E-state index contributed by atoms with van der Waals surface area (Å²) in [4.78, 5) is 24.9. The van der Waals surface area contributed by atoms with Gasteiger partial charge in [-0.05, 0) is 56.9 Å². The molecule has 3 heterocycles. The van der Waals surface area contributed by atoms with E-state index in [1.54, 1.807) is 24.3 Å². The second kappa shape index (κ2) is 8.68. The maximum atomic E-state index is 13.3. The van der Waals surface area contributed by atoms with E-state index in [-0.39, 0.29) is 5.78 Å². The van der Waals surface area contributed by atoms with E-state index in [9.17, 15) is 9.59 Å². The molecule has 1 aromatic rings. The molecule has 6 rings (SSSR count). The molecule has 184 valence electrons. The average molecular weight is 473 g/mol. The van der Waals surface area contributed by atoms with Crippen LogP contribution in [0.5, 0.6) is 5.75 Å². The third-order valence-corrected chi connectivity index (χ3v) is 7.82. The lowest BCUT2D eigenvalue weighted by Crippen LogP contribution is -2.58. The first kappa shape index (κ1) is 22.6. The van der Waals surface area contributed by atoms with Crippen molar-refractivity contribution >= 4 is 11.8 Å². The third kappa shape index (κ3) is 3.99. The molecule has 0 radical (unpaired) electrons. The minimum atomic E-state index is -0.998. The van der Waals surface area contributed by atoms with Crippen molar-refractivity contribution in [2.45, 2.75) is 113 Å². The lowest BCUT2D eigenvalue weighted by Gasteiger charge is -2.35. The molecule has 0 amide bonds. The average Bonchev–Trinajstić information content (AvgIpc) is 3.37. The Kier molecular flexibility index (Phi) is 5.77. The van der Waals surface area contributed by atoms with Gasteiger partial charge in [-0.1, -0.05) is 12.8 Å². The largest absolute Gasteiger partial charge is 0.425 e. The van der Waals surface area contributed by atoms with E-state index in [2.05, 4.69) is 0 Å². The second-order valence-corrected chi connectivity index (χ2v) is 10.2. The number of benzene rings is 1. The van der Waals surface area contributed by atoms with Crippen molar-refractivity contribution in [2.75, 3.05) is 0 Å². The first-order valence-corrected chi connectivity index (χ1v) is 12.7. The van der Waals surface area contributed by atoms with Crippen molar-refractivity contribution < 1.29 is 38.0 Å². The van der Waals surface area contributed by atoms with E-state index in [1.807, 2.05) is 0 Å². The summed E-state index contributed by atoms with van der Waals surface area (Å²) in [6, 6.07) is 6.49. The Hall–Kier alpha value is -1.84. The van der Waals surface area contributed by atoms with E-state index in [0.717, 1.165) is 64.2 Å². The third-order valence-electron chi connectivity index (χ3n) is 7.82. The molecular weight excluding hydrogens is 440 g/mol. The van der Waals surface area contributed by atoms with Gasteiger partial charge in [0.25, 0.3) is 0 Å². The Bertz CT molecular complexity index is 931. The number of ether oxygens (including phenoxy) is 6. The Morgan fingerprint density at radius 3 is 1.94 bits per heavy atom. The molecule has 34 heavy (non-hydrogen) atoms. The van der Waals surface area contributed by atoms with Crippen LogP contribution in [0.1, 0.15) is 81.5 Å². The Balaban J connectivity index is 1.25. The van der Waals surface area contributed by atoms with Crippen LogP contribution in [0.2, 0.25) is 0 Å². The zero-order valence-corrected chi connectivity index (χ0v) is 19.5. The molecule has 0 unspecified atom stereocenters. The van der Waals surface area contributed by atoms with Crippen molar-refractivity contribution in [2.24, 2.45) is 0 Å². The summed E-state index contributed by atoms with van der Waals surface area (Å²) in [5.74, 6) is -1.65. The van der Waals surface area contributed by atoms with E-state index in [0.29, 0.717) is 11.3 Å². The molecule has 5 atom stereocenters. The standard InChI is InChI=1S/C26H32O8/c1-16(27)17-8-10-18(11-9-17)29-23(28)21-19-20(32-25(31-19)12-4-2-5-13-25)22-24(30-21)34-26(33-22)14-6-3-7-15-26/h8-11,19-22,24H,2-7,12-15H2,1H3/t19-,20-,21-,22-,24+/m0/s1. The molecule has 5 aliphatic rings. The summed E-state index contributed by atoms with van der Waals surface area (Å²) in [5, 5.41) is 0. The van der Waals surface area contributed by atoms with E-state index in [1.165, 1.54) is 6.92 Å². The van der Waals surface area contributed by atoms with Gasteiger partial charge in [0.05, 0.1) is 0 Å². The Labute approximate surface area is 199 Å². The lowest BCUT2D eigenvalue weighted by molar-refractivity contribution is -0.250. The number of hydrogen-bond donors (Lipinski definition) is 0. The summed E-state index contributed by atoms with van der Waals surface area (Å²) in [5.41, 5.74) is 0.553. The van der Waals surface area contributed by atoms with Gasteiger partial charge in [0.2, 0.25) is 0 Å². The highest BCUT2D eigenvalue weighted by molar-refractivity contribution is 5.94. The molecule has 0 N–H and O–H groups in total. The molecule has 3 saturated heterocycles. The summed E-state index contributed by atoms with van der Waals surface area (Å²) in [6.45, 7) is 1.49. The maximum Gasteiger partial charge on any atom is 0.343 e. The smallest absolute Gasteiger partial charge is 0.343 e. The van der Waals surface area contributed by atoms with Gasteiger partial charge in [-0.3, -0.25) is 4.79 Å². The minimum absolute atomic E-state index is 0.0494. The quantitative estimate of drug-likeness (QED) is 0.370. The molecule has 2 aliphatic carbocycles. The topological polar surface area (TPSA) is 89.5 Å². The van der Waals surface area contributed by atoms with Crippen LogP contribution >= 0.6 is 0 Å². The predicted molar refractivity (Wildman–Crippen MR) is 118 cm³/mol. The van der Waals surface area contributed by atoms with Crippen LogP contribution in [0.4, 0.5) is 0 Å². The maximum absolute atomic E-state index is 13.3. The van der Waals surface area contributed by atoms with Gasteiger partial charge in [0, 0.05) is 31.2 Å². The normalized spacial score (nSPS) is 35.6. The minimum Gasteiger partial charge on any atom is -0.425 e. The lowest BCUT2D eigenvalue weighted by atomic mass is 9.94. The highest BCUT2D eigenvalue weighted by Gasteiger charge is 2.65. The van der Waals surface area contributed by atoms with Gasteiger partial charge in [-0.2, -0.15) is 0 Å². The van der Waals surface area contributed by atoms with Gasteiger partial charge in [0.1, 0.15) is 24.1 Å². The number of hydrogen-bond acceptors (Lipinski definition) is 8. The number of rotatable bonds is 3. The number of carbonyl (C=O) groups is 2. The van der Waals surface area contributed by atoms with Crippen molar-refractivity contribution in [3.05, 3.63) is 29.8 Å². The highest BCUT2D eigenvalue weighted by atomic mass is 16.9. The van der Waals surface area contributed by atoms with E-state index < -0.39 is 48.2 Å². The Morgan fingerprint density at radius 2 is 1.32 bits per heavy atom. The van der Waals surface area contributed by atoms with Crippen LogP contribution in [0, 0.1) is 0 Å². The molecular formula is C26H32O8. The number of esters is 1. The molecule has 8 nitrogen and oxygen atoms in total. The molecule has 0 aromatic heterocycles. The second-order valence-electron chi connectivity index (χ2n) is 10.2. The van der Waals surface area contributed by atoms with Crippen molar-refractivity contribution in [3.8, 4) is 5.75 Å². The molecule has 8 heteroatoms. The number of fused-ring (bicyclic) bond motifs is 3. The Morgan fingerprint density at radius 1 is 0.765 bits per heavy atom. The fourth-order valence-corrected chi connectivity index (χ4v) is 6.08. The van der Waals surface area contributed by atoms with Gasteiger partial charge in [-0.25, -0.2) is 4.79 Å². The van der Waals surface area contributed by atoms with Crippen LogP contribution in [0.3, 0.4) is 0 Å². The molecule has 1 aromatic carbocycles. The zero-order valence-electron chi connectivity index (χ0n) is 19.5. The van der Waals surface area contributed by atoms with Crippen molar-refractivity contribution in [3.63, 3.8) is 0 Å². The van der Waals surface area contributed by atoms with Crippen LogP contribution in [-0.4, -0.2) is 54.0 Å². The molecule has 5 fully saturated rings. The summed E-state index contributed by atoms with van der Waals surface area (Å²) in [6.07, 6.45) is 6.39. The van der Waals surface area contributed by atoms with Crippen molar-refractivity contribution in [1.29, 1.82) is 0 Å². The van der Waals surface area contributed by atoms with Crippen molar-refractivity contribution in [1.82, 2.24) is 0 Å².